The molecule has 1 aliphatic rings. The SMILES string of the molecule is CCC(C)Nc1cccnc1N1CCN(C(=O)c2c[nH]c3ccccc23)CC1. The van der Waals surface area contributed by atoms with Crippen LogP contribution in [0.2, 0.25) is 0 Å². The van der Waals surface area contributed by atoms with E-state index in [4.69, 9.17) is 0 Å². The van der Waals surface area contributed by atoms with Crippen molar-refractivity contribution in [3.8, 4) is 0 Å². The van der Waals surface area contributed by atoms with Gasteiger partial charge >= 0.3 is 0 Å². The molecule has 6 nitrogen and oxygen atoms in total. The Kier molecular flexibility index (Phi) is 5.19. The van der Waals surface area contributed by atoms with Crippen LogP contribution in [0.1, 0.15) is 30.6 Å². The molecule has 0 aliphatic carbocycles. The first-order valence-electron chi connectivity index (χ1n) is 9.99. The topological polar surface area (TPSA) is 64.3 Å². The Morgan fingerprint density at radius 2 is 1.96 bits per heavy atom. The summed E-state index contributed by atoms with van der Waals surface area (Å²) in [5.41, 5.74) is 2.81. The first-order valence-corrected chi connectivity index (χ1v) is 9.99. The van der Waals surface area contributed by atoms with E-state index in [0.29, 0.717) is 19.1 Å². The summed E-state index contributed by atoms with van der Waals surface area (Å²) >= 11 is 0. The summed E-state index contributed by atoms with van der Waals surface area (Å²) in [6, 6.07) is 12.4. The van der Waals surface area contributed by atoms with Gasteiger partial charge in [-0.25, -0.2) is 4.98 Å². The number of para-hydroxylation sites is 1. The highest BCUT2D eigenvalue weighted by Gasteiger charge is 2.25. The van der Waals surface area contributed by atoms with Crippen molar-refractivity contribution >= 4 is 28.3 Å². The lowest BCUT2D eigenvalue weighted by Crippen LogP contribution is -2.49. The van der Waals surface area contributed by atoms with Gasteiger partial charge in [0.25, 0.3) is 5.91 Å². The maximum atomic E-state index is 13.0. The van der Waals surface area contributed by atoms with Crippen LogP contribution in [0, 0.1) is 0 Å². The molecule has 146 valence electrons. The minimum Gasteiger partial charge on any atom is -0.380 e. The van der Waals surface area contributed by atoms with Crippen LogP contribution in [0.15, 0.2) is 48.8 Å². The molecule has 1 amide bonds. The van der Waals surface area contributed by atoms with Gasteiger partial charge in [-0.1, -0.05) is 25.1 Å². The maximum Gasteiger partial charge on any atom is 0.256 e. The smallest absolute Gasteiger partial charge is 0.256 e. The summed E-state index contributed by atoms with van der Waals surface area (Å²) in [5.74, 6) is 1.07. The Morgan fingerprint density at radius 3 is 2.75 bits per heavy atom. The number of nitrogens with one attached hydrogen (secondary N) is 2. The number of aromatic nitrogens is 2. The fraction of sp³-hybridized carbons (Fsp3) is 0.364. The van der Waals surface area contributed by atoms with Crippen molar-refractivity contribution in [2.45, 2.75) is 26.3 Å². The number of fused-ring (bicyclic) bond motifs is 1. The van der Waals surface area contributed by atoms with Gasteiger partial charge in [0.1, 0.15) is 0 Å². The minimum absolute atomic E-state index is 0.0936. The molecule has 28 heavy (non-hydrogen) atoms. The lowest BCUT2D eigenvalue weighted by molar-refractivity contribution is 0.0748. The predicted molar refractivity (Wildman–Crippen MR) is 114 cm³/mol. The van der Waals surface area contributed by atoms with Crippen LogP contribution < -0.4 is 10.2 Å². The first kappa shape index (κ1) is 18.3. The van der Waals surface area contributed by atoms with Crippen LogP contribution in [0.5, 0.6) is 0 Å². The van der Waals surface area contributed by atoms with E-state index in [1.807, 2.05) is 47.6 Å². The fourth-order valence-electron chi connectivity index (χ4n) is 3.67. The van der Waals surface area contributed by atoms with E-state index in [1.54, 1.807) is 0 Å². The van der Waals surface area contributed by atoms with Crippen LogP contribution in [0.4, 0.5) is 11.5 Å². The van der Waals surface area contributed by atoms with Crippen LogP contribution in [-0.4, -0.2) is 53.0 Å². The van der Waals surface area contributed by atoms with Gasteiger partial charge in [-0.3, -0.25) is 4.79 Å². The summed E-state index contributed by atoms with van der Waals surface area (Å²) in [6.45, 7) is 7.29. The number of pyridine rings is 1. The molecule has 1 fully saturated rings. The van der Waals surface area contributed by atoms with Crippen LogP contribution in [0.3, 0.4) is 0 Å². The summed E-state index contributed by atoms with van der Waals surface area (Å²) in [5, 5.41) is 4.53. The Bertz CT molecular complexity index is 958. The molecule has 0 spiro atoms. The normalized spacial score (nSPS) is 15.6. The van der Waals surface area contributed by atoms with Crippen molar-refractivity contribution < 1.29 is 4.79 Å². The number of nitrogens with zero attached hydrogens (tertiary/aromatic N) is 3. The number of carbonyl (C=O) groups excluding carboxylic acids is 1. The molecule has 0 saturated carbocycles. The molecule has 2 N–H and O–H groups in total. The summed E-state index contributed by atoms with van der Waals surface area (Å²) in [4.78, 5) is 25.0. The highest BCUT2D eigenvalue weighted by molar-refractivity contribution is 6.06. The maximum absolute atomic E-state index is 13.0. The number of H-pyrrole nitrogens is 1. The molecule has 6 heteroatoms. The van der Waals surface area contributed by atoms with Gasteiger partial charge in [0, 0.05) is 55.5 Å². The van der Waals surface area contributed by atoms with Crippen molar-refractivity contribution in [3.05, 3.63) is 54.4 Å². The van der Waals surface area contributed by atoms with Gasteiger partial charge in [-0.05, 0) is 31.5 Å². The van der Waals surface area contributed by atoms with Gasteiger partial charge in [0.2, 0.25) is 0 Å². The molecule has 3 aromatic rings. The molecule has 0 bridgehead atoms. The van der Waals surface area contributed by atoms with E-state index < -0.39 is 0 Å². The van der Waals surface area contributed by atoms with Crippen LogP contribution >= 0.6 is 0 Å². The standard InChI is InChI=1S/C22H27N5O/c1-3-16(2)25-20-9-6-10-23-21(20)26-11-13-27(14-12-26)22(28)18-15-24-19-8-5-4-7-17(18)19/h4-10,15-16,24-25H,3,11-14H2,1-2H3. The Hall–Kier alpha value is -3.02. The highest BCUT2D eigenvalue weighted by Crippen LogP contribution is 2.26. The molecule has 0 radical (unpaired) electrons. The second kappa shape index (κ2) is 7.92. The number of rotatable bonds is 5. The van der Waals surface area contributed by atoms with Crippen LogP contribution in [-0.2, 0) is 0 Å². The zero-order chi connectivity index (χ0) is 19.5. The molecule has 3 heterocycles. The van der Waals surface area contributed by atoms with Gasteiger partial charge in [-0.15, -0.1) is 0 Å². The van der Waals surface area contributed by atoms with E-state index in [1.165, 1.54) is 0 Å². The van der Waals surface area contributed by atoms with E-state index >= 15 is 0 Å². The average Bonchev–Trinajstić information content (AvgIpc) is 3.18. The van der Waals surface area contributed by atoms with Crippen molar-refractivity contribution in [3.63, 3.8) is 0 Å². The number of aromatic amines is 1. The van der Waals surface area contributed by atoms with E-state index in [-0.39, 0.29) is 5.91 Å². The second-order valence-corrected chi connectivity index (χ2v) is 7.36. The first-order chi connectivity index (χ1) is 13.7. The number of piperazine rings is 1. The van der Waals surface area contributed by atoms with Crippen molar-refractivity contribution in [1.29, 1.82) is 0 Å². The molecule has 2 aromatic heterocycles. The number of hydrogen-bond donors (Lipinski definition) is 2. The highest BCUT2D eigenvalue weighted by atomic mass is 16.2. The van der Waals surface area contributed by atoms with Crippen LogP contribution in [0.25, 0.3) is 10.9 Å². The number of benzene rings is 1. The molecule has 1 unspecified atom stereocenters. The number of hydrogen-bond acceptors (Lipinski definition) is 4. The molecule has 1 aromatic carbocycles. The Labute approximate surface area is 165 Å². The van der Waals surface area contributed by atoms with Crippen molar-refractivity contribution in [2.75, 3.05) is 36.4 Å². The number of carbonyl (C=O) groups is 1. The van der Waals surface area contributed by atoms with Gasteiger partial charge in [0.15, 0.2) is 5.82 Å². The zero-order valence-corrected chi connectivity index (χ0v) is 16.5. The lowest BCUT2D eigenvalue weighted by atomic mass is 10.1. The van der Waals surface area contributed by atoms with Gasteiger partial charge < -0.3 is 20.1 Å². The fourth-order valence-corrected chi connectivity index (χ4v) is 3.67. The summed E-state index contributed by atoms with van der Waals surface area (Å²) < 4.78 is 0. The third-order valence-corrected chi connectivity index (χ3v) is 5.49. The Balaban J connectivity index is 1.46. The second-order valence-electron chi connectivity index (χ2n) is 7.36. The minimum atomic E-state index is 0.0936. The predicted octanol–water partition coefficient (Wildman–Crippen LogP) is 3.74. The largest absolute Gasteiger partial charge is 0.380 e. The molecule has 1 aliphatic heterocycles. The number of amides is 1. The van der Waals surface area contributed by atoms with E-state index in [9.17, 15) is 4.79 Å². The quantitative estimate of drug-likeness (QED) is 0.711. The third kappa shape index (κ3) is 3.54. The molecule has 4 rings (SSSR count). The van der Waals surface area contributed by atoms with Gasteiger partial charge in [-0.2, -0.15) is 0 Å². The molecule has 1 atom stereocenters. The average molecular weight is 377 g/mol. The monoisotopic (exact) mass is 377 g/mol. The van der Waals surface area contributed by atoms with Crippen molar-refractivity contribution in [2.24, 2.45) is 0 Å². The third-order valence-electron chi connectivity index (χ3n) is 5.49. The van der Waals surface area contributed by atoms with E-state index in [2.05, 4.69) is 40.1 Å². The molecular formula is C22H27N5O. The number of anilines is 2. The zero-order valence-electron chi connectivity index (χ0n) is 16.5. The van der Waals surface area contributed by atoms with Crippen molar-refractivity contribution in [1.82, 2.24) is 14.9 Å². The summed E-state index contributed by atoms with van der Waals surface area (Å²) in [7, 11) is 0. The summed E-state index contributed by atoms with van der Waals surface area (Å²) in [6.07, 6.45) is 4.72. The molecule has 1 saturated heterocycles. The molecular weight excluding hydrogens is 350 g/mol. The Morgan fingerprint density at radius 1 is 1.18 bits per heavy atom. The van der Waals surface area contributed by atoms with E-state index in [0.717, 1.165) is 47.5 Å². The lowest BCUT2D eigenvalue weighted by Gasteiger charge is -2.36. The van der Waals surface area contributed by atoms with Gasteiger partial charge in [0.05, 0.1) is 11.3 Å².